The van der Waals surface area contributed by atoms with Gasteiger partial charge in [-0.05, 0) is 18.4 Å². The van der Waals surface area contributed by atoms with Crippen molar-refractivity contribution in [2.75, 3.05) is 30.1 Å². The summed E-state index contributed by atoms with van der Waals surface area (Å²) < 4.78 is 5.10. The van der Waals surface area contributed by atoms with Gasteiger partial charge < -0.3 is 4.74 Å². The van der Waals surface area contributed by atoms with Crippen molar-refractivity contribution in [3.8, 4) is 0 Å². The van der Waals surface area contributed by atoms with Crippen LogP contribution in [0.5, 0.6) is 0 Å². The molecule has 0 bridgehead atoms. The minimum atomic E-state index is 0.627. The Morgan fingerprint density at radius 3 is 2.80 bits per heavy atom. The Hall–Kier alpha value is 0.660. The zero-order chi connectivity index (χ0) is 7.23. The van der Waals surface area contributed by atoms with Crippen molar-refractivity contribution in [2.24, 2.45) is 0 Å². The summed E-state index contributed by atoms with van der Waals surface area (Å²) in [6, 6.07) is 0. The summed E-state index contributed by atoms with van der Waals surface area (Å²) >= 11 is 3.97. The molecule has 0 saturated carbocycles. The maximum Gasteiger partial charge on any atom is 0.0817 e. The van der Waals surface area contributed by atoms with Gasteiger partial charge in [0.2, 0.25) is 0 Å². The van der Waals surface area contributed by atoms with E-state index >= 15 is 0 Å². The summed E-state index contributed by atoms with van der Waals surface area (Å²) in [5.74, 6) is 3.87. The van der Waals surface area contributed by atoms with Crippen molar-refractivity contribution >= 4 is 23.5 Å². The normalized spacial score (nSPS) is 23.1. The Bertz CT molecular complexity index is 83.7. The first-order valence-corrected chi connectivity index (χ1v) is 6.16. The minimum absolute atomic E-state index is 0.627. The van der Waals surface area contributed by atoms with E-state index in [9.17, 15) is 0 Å². The molecule has 0 amide bonds. The molecule has 1 saturated heterocycles. The van der Waals surface area contributed by atoms with E-state index < -0.39 is 0 Å². The van der Waals surface area contributed by atoms with Gasteiger partial charge in [0.1, 0.15) is 0 Å². The van der Waals surface area contributed by atoms with E-state index in [4.69, 9.17) is 4.74 Å². The van der Waals surface area contributed by atoms with Crippen molar-refractivity contribution in [1.29, 1.82) is 0 Å². The van der Waals surface area contributed by atoms with Gasteiger partial charge >= 0.3 is 0 Å². The van der Waals surface area contributed by atoms with Gasteiger partial charge in [-0.2, -0.15) is 23.5 Å². The molecular formula is C7H14OS2. The molecule has 1 rings (SSSR count). The van der Waals surface area contributed by atoms with Crippen LogP contribution in [0.3, 0.4) is 0 Å². The molecule has 1 unspecified atom stereocenters. The van der Waals surface area contributed by atoms with Crippen molar-refractivity contribution in [1.82, 2.24) is 0 Å². The van der Waals surface area contributed by atoms with Crippen molar-refractivity contribution in [2.45, 2.75) is 12.5 Å². The standard InChI is InChI=1S/C7H14OS2/c1-9-4-5-10-3-2-7-6-8-7/h7H,2-6H2,1H3. The fourth-order valence-corrected chi connectivity index (χ4v) is 2.47. The molecule has 0 aromatic rings. The van der Waals surface area contributed by atoms with Crippen LogP contribution < -0.4 is 0 Å². The Labute approximate surface area is 71.3 Å². The van der Waals surface area contributed by atoms with Gasteiger partial charge in [-0.15, -0.1) is 0 Å². The summed E-state index contributed by atoms with van der Waals surface area (Å²) in [6.07, 6.45) is 4.05. The minimum Gasteiger partial charge on any atom is -0.373 e. The number of thioether (sulfide) groups is 2. The molecule has 0 N–H and O–H groups in total. The Balaban J connectivity index is 1.68. The summed E-state index contributed by atoms with van der Waals surface area (Å²) in [5.41, 5.74) is 0. The highest BCUT2D eigenvalue weighted by Crippen LogP contribution is 2.16. The first kappa shape index (κ1) is 8.75. The first-order chi connectivity index (χ1) is 4.93. The molecule has 1 heterocycles. The molecule has 0 aromatic carbocycles. The lowest BCUT2D eigenvalue weighted by molar-refractivity contribution is 0.404. The molecule has 1 aliphatic rings. The second-order valence-electron chi connectivity index (χ2n) is 2.35. The third-order valence-corrected chi connectivity index (χ3v) is 3.31. The summed E-state index contributed by atoms with van der Waals surface area (Å²) in [4.78, 5) is 0. The molecule has 1 fully saturated rings. The van der Waals surface area contributed by atoms with Gasteiger partial charge in [-0.25, -0.2) is 0 Å². The lowest BCUT2D eigenvalue weighted by Gasteiger charge is -1.96. The molecular weight excluding hydrogens is 164 g/mol. The van der Waals surface area contributed by atoms with Crippen LogP contribution in [0, 0.1) is 0 Å². The molecule has 3 heteroatoms. The second kappa shape index (κ2) is 5.33. The van der Waals surface area contributed by atoms with Crippen LogP contribution in [-0.2, 0) is 4.74 Å². The number of hydrogen-bond acceptors (Lipinski definition) is 3. The van der Waals surface area contributed by atoms with Crippen molar-refractivity contribution in [3.05, 3.63) is 0 Å². The van der Waals surface area contributed by atoms with Gasteiger partial charge in [-0.3, -0.25) is 0 Å². The van der Waals surface area contributed by atoms with E-state index in [1.54, 1.807) is 0 Å². The molecule has 0 aromatic heterocycles. The van der Waals surface area contributed by atoms with E-state index in [0.29, 0.717) is 6.10 Å². The van der Waals surface area contributed by atoms with E-state index in [0.717, 1.165) is 6.61 Å². The van der Waals surface area contributed by atoms with Crippen LogP contribution in [0.2, 0.25) is 0 Å². The lowest BCUT2D eigenvalue weighted by atomic mass is 10.4. The van der Waals surface area contributed by atoms with Gasteiger partial charge in [0, 0.05) is 11.5 Å². The molecule has 1 nitrogen and oxygen atoms in total. The highest BCUT2D eigenvalue weighted by molar-refractivity contribution is 8.02. The maximum absolute atomic E-state index is 5.10. The van der Waals surface area contributed by atoms with E-state index in [1.165, 1.54) is 23.7 Å². The van der Waals surface area contributed by atoms with E-state index in [2.05, 4.69) is 6.26 Å². The summed E-state index contributed by atoms with van der Waals surface area (Å²) in [7, 11) is 0. The highest BCUT2D eigenvalue weighted by atomic mass is 32.2. The van der Waals surface area contributed by atoms with Gasteiger partial charge in [0.15, 0.2) is 0 Å². The largest absolute Gasteiger partial charge is 0.373 e. The Kier molecular flexibility index (Phi) is 4.66. The van der Waals surface area contributed by atoms with Crippen LogP contribution in [0.15, 0.2) is 0 Å². The highest BCUT2D eigenvalue weighted by Gasteiger charge is 2.20. The third-order valence-electron chi connectivity index (χ3n) is 1.42. The van der Waals surface area contributed by atoms with Gasteiger partial charge in [-0.1, -0.05) is 0 Å². The van der Waals surface area contributed by atoms with Crippen molar-refractivity contribution < 1.29 is 4.74 Å². The number of epoxide rings is 1. The number of rotatable bonds is 6. The van der Waals surface area contributed by atoms with E-state index in [1.807, 2.05) is 23.5 Å². The molecule has 0 radical (unpaired) electrons. The zero-order valence-electron chi connectivity index (χ0n) is 6.34. The second-order valence-corrected chi connectivity index (χ2v) is 4.56. The number of ether oxygens (including phenoxy) is 1. The number of hydrogen-bond donors (Lipinski definition) is 0. The Morgan fingerprint density at radius 2 is 2.20 bits per heavy atom. The molecule has 0 aliphatic carbocycles. The molecule has 10 heavy (non-hydrogen) atoms. The predicted octanol–water partition coefficient (Wildman–Crippen LogP) is 1.87. The third kappa shape index (κ3) is 4.47. The van der Waals surface area contributed by atoms with Gasteiger partial charge in [0.25, 0.3) is 0 Å². The first-order valence-electron chi connectivity index (χ1n) is 3.62. The van der Waals surface area contributed by atoms with Crippen LogP contribution in [-0.4, -0.2) is 36.2 Å². The molecule has 0 spiro atoms. The quantitative estimate of drug-likeness (QED) is 0.455. The van der Waals surface area contributed by atoms with Gasteiger partial charge in [0.05, 0.1) is 12.7 Å². The summed E-state index contributed by atoms with van der Waals surface area (Å²) in [6.45, 7) is 1.02. The topological polar surface area (TPSA) is 12.5 Å². The molecule has 60 valence electrons. The van der Waals surface area contributed by atoms with E-state index in [-0.39, 0.29) is 0 Å². The lowest BCUT2D eigenvalue weighted by Crippen LogP contribution is -1.90. The van der Waals surface area contributed by atoms with Crippen LogP contribution in [0.25, 0.3) is 0 Å². The zero-order valence-corrected chi connectivity index (χ0v) is 7.97. The molecule has 1 atom stereocenters. The molecule has 1 aliphatic heterocycles. The average Bonchev–Trinajstić information content (AvgIpc) is 2.71. The fraction of sp³-hybridized carbons (Fsp3) is 1.00. The predicted molar refractivity (Wildman–Crippen MR) is 50.1 cm³/mol. The van der Waals surface area contributed by atoms with Crippen LogP contribution in [0.1, 0.15) is 6.42 Å². The average molecular weight is 178 g/mol. The van der Waals surface area contributed by atoms with Crippen LogP contribution in [0.4, 0.5) is 0 Å². The smallest absolute Gasteiger partial charge is 0.0817 e. The Morgan fingerprint density at radius 1 is 1.40 bits per heavy atom. The monoisotopic (exact) mass is 178 g/mol. The summed E-state index contributed by atoms with van der Waals surface area (Å²) in [5, 5.41) is 0. The van der Waals surface area contributed by atoms with Crippen LogP contribution >= 0.6 is 23.5 Å². The van der Waals surface area contributed by atoms with Crippen molar-refractivity contribution in [3.63, 3.8) is 0 Å². The SMILES string of the molecule is CSCCSCCC1CO1. The fourth-order valence-electron chi connectivity index (χ4n) is 0.694. The maximum atomic E-state index is 5.10.